The first-order chi connectivity index (χ1) is 8.65. The van der Waals surface area contributed by atoms with E-state index >= 15 is 0 Å². The number of carbonyl (C=O) groups is 1. The Kier molecular flexibility index (Phi) is 3.64. The average molecular weight is 263 g/mol. The molecule has 4 N–H and O–H groups in total. The molecule has 0 spiro atoms. The maximum Gasteiger partial charge on any atom is 0.323 e. The van der Waals surface area contributed by atoms with Gasteiger partial charge in [0.2, 0.25) is 0 Å². The van der Waals surface area contributed by atoms with Crippen LogP contribution in [0.5, 0.6) is 0 Å². The summed E-state index contributed by atoms with van der Waals surface area (Å²) in [6.45, 7) is 0. The first-order valence-electron chi connectivity index (χ1n) is 5.19. The van der Waals surface area contributed by atoms with Crippen LogP contribution < -0.4 is 16.4 Å². The molecule has 0 aliphatic heterocycles. The van der Waals surface area contributed by atoms with E-state index in [1.165, 1.54) is 6.20 Å². The van der Waals surface area contributed by atoms with Crippen molar-refractivity contribution < 1.29 is 4.79 Å². The average Bonchev–Trinajstić information content (AvgIpc) is 2.35. The third-order valence-electron chi connectivity index (χ3n) is 2.14. The summed E-state index contributed by atoms with van der Waals surface area (Å²) >= 11 is 5.83. The Morgan fingerprint density at radius 3 is 2.67 bits per heavy atom. The van der Waals surface area contributed by atoms with Crippen molar-refractivity contribution >= 4 is 34.7 Å². The molecule has 5 nitrogen and oxygen atoms in total. The summed E-state index contributed by atoms with van der Waals surface area (Å²) in [5.74, 6) is 0. The fraction of sp³-hybridized carbons (Fsp3) is 0. The number of aromatic nitrogens is 1. The highest BCUT2D eigenvalue weighted by Crippen LogP contribution is 2.21. The predicted molar refractivity (Wildman–Crippen MR) is 72.7 cm³/mol. The fourth-order valence-corrected chi connectivity index (χ4v) is 1.51. The molecule has 0 radical (unpaired) electrons. The van der Waals surface area contributed by atoms with E-state index in [9.17, 15) is 4.79 Å². The van der Waals surface area contributed by atoms with Crippen molar-refractivity contribution in [3.63, 3.8) is 0 Å². The van der Waals surface area contributed by atoms with Crippen LogP contribution in [0.4, 0.5) is 21.9 Å². The van der Waals surface area contributed by atoms with E-state index in [4.69, 9.17) is 17.3 Å². The summed E-state index contributed by atoms with van der Waals surface area (Å²) < 4.78 is 0. The molecule has 2 amide bonds. The van der Waals surface area contributed by atoms with Crippen molar-refractivity contribution in [3.8, 4) is 0 Å². The van der Waals surface area contributed by atoms with E-state index in [1.807, 2.05) is 18.2 Å². The molecular formula is C12H11ClN4O. The summed E-state index contributed by atoms with van der Waals surface area (Å²) in [6.07, 6.45) is 1.42. The van der Waals surface area contributed by atoms with Crippen LogP contribution in [0.3, 0.4) is 0 Å². The summed E-state index contributed by atoms with van der Waals surface area (Å²) in [6, 6.07) is 10.2. The van der Waals surface area contributed by atoms with Gasteiger partial charge in [-0.25, -0.2) is 9.78 Å². The lowest BCUT2D eigenvalue weighted by molar-refractivity contribution is 0.262. The predicted octanol–water partition coefficient (Wildman–Crippen LogP) is 2.96. The molecule has 1 heterocycles. The van der Waals surface area contributed by atoms with Crippen LogP contribution >= 0.6 is 11.6 Å². The quantitative estimate of drug-likeness (QED) is 0.728. The lowest BCUT2D eigenvalue weighted by Crippen LogP contribution is -2.19. The van der Waals surface area contributed by atoms with Crippen molar-refractivity contribution in [2.45, 2.75) is 0 Å². The van der Waals surface area contributed by atoms with Gasteiger partial charge < -0.3 is 16.4 Å². The Hall–Kier alpha value is -2.27. The van der Waals surface area contributed by atoms with Gasteiger partial charge in [-0.3, -0.25) is 0 Å². The molecule has 2 aromatic rings. The Balaban J connectivity index is 2.05. The van der Waals surface area contributed by atoms with E-state index in [0.717, 1.165) is 0 Å². The SMILES string of the molecule is Nc1cnc(Cl)c(NC(=O)Nc2ccccc2)c1. The van der Waals surface area contributed by atoms with Gasteiger partial charge in [0.1, 0.15) is 0 Å². The van der Waals surface area contributed by atoms with Crippen molar-refractivity contribution in [2.24, 2.45) is 0 Å². The number of nitrogens with one attached hydrogen (secondary N) is 2. The molecule has 0 saturated carbocycles. The molecule has 0 atom stereocenters. The third kappa shape index (κ3) is 3.11. The van der Waals surface area contributed by atoms with Gasteiger partial charge in [-0.2, -0.15) is 0 Å². The lowest BCUT2D eigenvalue weighted by atomic mass is 10.3. The van der Waals surface area contributed by atoms with Crippen molar-refractivity contribution in [2.75, 3.05) is 16.4 Å². The number of nitrogens with two attached hydrogens (primary N) is 1. The standard InChI is InChI=1S/C12H11ClN4O/c13-11-10(6-8(14)7-15-11)17-12(18)16-9-4-2-1-3-5-9/h1-7H,14H2,(H2,16,17,18). The van der Waals surface area contributed by atoms with Gasteiger partial charge in [-0.1, -0.05) is 29.8 Å². The molecule has 2 rings (SSSR count). The molecule has 6 heteroatoms. The Bertz CT molecular complexity index is 559. The number of rotatable bonds is 2. The highest BCUT2D eigenvalue weighted by Gasteiger charge is 2.07. The second kappa shape index (κ2) is 5.37. The van der Waals surface area contributed by atoms with E-state index < -0.39 is 6.03 Å². The maximum absolute atomic E-state index is 11.7. The highest BCUT2D eigenvalue weighted by atomic mass is 35.5. The van der Waals surface area contributed by atoms with Gasteiger partial charge >= 0.3 is 6.03 Å². The monoisotopic (exact) mass is 262 g/mol. The van der Waals surface area contributed by atoms with Crippen LogP contribution in [-0.4, -0.2) is 11.0 Å². The number of nitrogens with zero attached hydrogens (tertiary/aromatic N) is 1. The number of pyridine rings is 1. The molecule has 0 bridgehead atoms. The van der Waals surface area contributed by atoms with Crippen LogP contribution in [0, 0.1) is 0 Å². The number of halogens is 1. The molecular weight excluding hydrogens is 252 g/mol. The summed E-state index contributed by atoms with van der Waals surface area (Å²) in [5, 5.41) is 5.42. The number of carbonyl (C=O) groups excluding carboxylic acids is 1. The van der Waals surface area contributed by atoms with Gasteiger partial charge in [-0.05, 0) is 18.2 Å². The molecule has 1 aromatic heterocycles. The fourth-order valence-electron chi connectivity index (χ4n) is 1.36. The molecule has 0 aliphatic carbocycles. The number of nitrogen functional groups attached to an aromatic ring is 1. The van der Waals surface area contributed by atoms with Gasteiger partial charge in [0.15, 0.2) is 5.15 Å². The topological polar surface area (TPSA) is 80.0 Å². The van der Waals surface area contributed by atoms with Crippen LogP contribution in [0.15, 0.2) is 42.6 Å². The van der Waals surface area contributed by atoms with Crippen LogP contribution in [0.1, 0.15) is 0 Å². The number of benzene rings is 1. The van der Waals surface area contributed by atoms with Crippen LogP contribution in [0.25, 0.3) is 0 Å². The van der Waals surface area contributed by atoms with Crippen molar-refractivity contribution in [3.05, 3.63) is 47.7 Å². The molecule has 1 aromatic carbocycles. The second-order valence-electron chi connectivity index (χ2n) is 3.55. The lowest BCUT2D eigenvalue weighted by Gasteiger charge is -2.08. The maximum atomic E-state index is 11.7. The Labute approximate surface area is 109 Å². The molecule has 92 valence electrons. The minimum Gasteiger partial charge on any atom is -0.397 e. The molecule has 0 saturated heterocycles. The Morgan fingerprint density at radius 2 is 1.94 bits per heavy atom. The first-order valence-corrected chi connectivity index (χ1v) is 5.57. The van der Waals surface area contributed by atoms with E-state index in [0.29, 0.717) is 17.1 Å². The number of anilines is 3. The number of urea groups is 1. The number of amides is 2. The smallest absolute Gasteiger partial charge is 0.323 e. The Morgan fingerprint density at radius 1 is 1.22 bits per heavy atom. The van der Waals surface area contributed by atoms with Crippen molar-refractivity contribution in [1.29, 1.82) is 0 Å². The van der Waals surface area contributed by atoms with Crippen LogP contribution in [-0.2, 0) is 0 Å². The third-order valence-corrected chi connectivity index (χ3v) is 2.44. The second-order valence-corrected chi connectivity index (χ2v) is 3.91. The minimum absolute atomic E-state index is 0.187. The molecule has 0 aliphatic rings. The largest absolute Gasteiger partial charge is 0.397 e. The summed E-state index contributed by atoms with van der Waals surface area (Å²) in [7, 11) is 0. The molecule has 18 heavy (non-hydrogen) atoms. The number of para-hydroxylation sites is 1. The van der Waals surface area contributed by atoms with E-state index in [2.05, 4.69) is 15.6 Å². The molecule has 0 unspecified atom stereocenters. The minimum atomic E-state index is -0.407. The zero-order valence-electron chi connectivity index (χ0n) is 9.35. The van der Waals surface area contributed by atoms with Gasteiger partial charge in [0.05, 0.1) is 17.6 Å². The summed E-state index contributed by atoms with van der Waals surface area (Å²) in [4.78, 5) is 15.5. The zero-order valence-corrected chi connectivity index (χ0v) is 10.1. The van der Waals surface area contributed by atoms with E-state index in [-0.39, 0.29) is 5.15 Å². The van der Waals surface area contributed by atoms with Gasteiger partial charge in [-0.15, -0.1) is 0 Å². The van der Waals surface area contributed by atoms with Crippen molar-refractivity contribution in [1.82, 2.24) is 4.98 Å². The van der Waals surface area contributed by atoms with Gasteiger partial charge in [0.25, 0.3) is 0 Å². The van der Waals surface area contributed by atoms with Gasteiger partial charge in [0, 0.05) is 5.69 Å². The van der Waals surface area contributed by atoms with Crippen LogP contribution in [0.2, 0.25) is 5.15 Å². The normalized spacial score (nSPS) is 9.83. The van der Waals surface area contributed by atoms with E-state index in [1.54, 1.807) is 18.2 Å². The zero-order chi connectivity index (χ0) is 13.0. The number of hydrogen-bond acceptors (Lipinski definition) is 3. The highest BCUT2D eigenvalue weighted by molar-refractivity contribution is 6.32. The molecule has 0 fully saturated rings. The summed E-state index contributed by atoms with van der Waals surface area (Å²) in [5.41, 5.74) is 7.04. The first kappa shape index (κ1) is 12.2. The number of hydrogen-bond donors (Lipinski definition) is 3.